The zero-order valence-electron chi connectivity index (χ0n) is 17.3. The lowest BCUT2D eigenvalue weighted by molar-refractivity contribution is 0.601. The van der Waals surface area contributed by atoms with Crippen LogP contribution >= 0.6 is 23.1 Å². The number of thioether (sulfide) groups is 1. The number of hydrogen-bond donors (Lipinski definition) is 1. The molecular weight excluding hydrogens is 452 g/mol. The van der Waals surface area contributed by atoms with Gasteiger partial charge in [0.15, 0.2) is 5.82 Å². The Morgan fingerprint density at radius 3 is 2.45 bits per heavy atom. The molecular formula is C21H22N4O3S3. The Labute approximate surface area is 189 Å². The van der Waals surface area contributed by atoms with Crippen LogP contribution in [0.25, 0.3) is 5.69 Å². The second-order valence-electron chi connectivity index (χ2n) is 7.15. The smallest absolute Gasteiger partial charge is 0.353 e. The minimum Gasteiger partial charge on any atom is -0.353 e. The maximum absolute atomic E-state index is 12.9. The molecule has 0 fully saturated rings. The number of fused-ring (bicyclic) bond motifs is 1. The summed E-state index contributed by atoms with van der Waals surface area (Å²) in [7, 11) is -3.88. The van der Waals surface area contributed by atoms with Gasteiger partial charge in [0.25, 0.3) is 10.0 Å². The van der Waals surface area contributed by atoms with Crippen LogP contribution in [0.15, 0.2) is 62.7 Å². The topological polar surface area (TPSA) is 86.0 Å². The lowest BCUT2D eigenvalue weighted by Crippen LogP contribution is -2.17. The summed E-state index contributed by atoms with van der Waals surface area (Å²) in [4.78, 5) is 17.8. The van der Waals surface area contributed by atoms with Gasteiger partial charge in [-0.05, 0) is 45.0 Å². The van der Waals surface area contributed by atoms with Crippen LogP contribution in [0.2, 0.25) is 0 Å². The summed E-state index contributed by atoms with van der Waals surface area (Å²) in [5.41, 5.74) is 1.74. The molecule has 0 spiro atoms. The molecule has 2 aliphatic heterocycles. The Kier molecular flexibility index (Phi) is 5.96. The van der Waals surface area contributed by atoms with E-state index >= 15 is 0 Å². The van der Waals surface area contributed by atoms with E-state index in [0.717, 1.165) is 32.6 Å². The van der Waals surface area contributed by atoms with Crippen molar-refractivity contribution in [3.05, 3.63) is 75.4 Å². The highest BCUT2D eigenvalue weighted by atomic mass is 32.2. The van der Waals surface area contributed by atoms with E-state index in [1.54, 1.807) is 47.4 Å². The fourth-order valence-electron chi connectivity index (χ4n) is 3.15. The molecule has 0 bridgehead atoms. The number of sulfonamides is 1. The van der Waals surface area contributed by atoms with Crippen molar-refractivity contribution in [2.45, 2.75) is 36.4 Å². The average molecular weight is 475 g/mol. The highest BCUT2D eigenvalue weighted by Gasteiger charge is 2.26. The fraction of sp³-hybridized carbons (Fsp3) is 0.238. The molecule has 1 aromatic heterocycles. The van der Waals surface area contributed by atoms with Crippen molar-refractivity contribution < 1.29 is 8.42 Å². The van der Waals surface area contributed by atoms with E-state index in [0.29, 0.717) is 5.69 Å². The maximum atomic E-state index is 12.9. The summed E-state index contributed by atoms with van der Waals surface area (Å²) >= 11 is 3.13. The van der Waals surface area contributed by atoms with E-state index in [2.05, 4.69) is 14.3 Å². The summed E-state index contributed by atoms with van der Waals surface area (Å²) in [5.74, 6) is 0.834. The standard InChI is InChI=1S/C21H22N4O3S3/c1-14-6-8-17(9-7-14)31(27,28)23-19-18-20(29-13-12-24-10-4-5-11-24)30-16(3)15(2)25(18)21(26)22-19/h4-11H,12-13H2,1-3H3,(H,22,23,26). The number of nitrogens with one attached hydrogen (secondary N) is 1. The van der Waals surface area contributed by atoms with Crippen molar-refractivity contribution >= 4 is 38.9 Å². The zero-order valence-corrected chi connectivity index (χ0v) is 19.8. The number of rotatable bonds is 7. The first-order valence-electron chi connectivity index (χ1n) is 9.62. The first-order valence-corrected chi connectivity index (χ1v) is 12.9. The van der Waals surface area contributed by atoms with Crippen LogP contribution in [0.1, 0.15) is 16.1 Å². The van der Waals surface area contributed by atoms with Crippen molar-refractivity contribution in [3.8, 4) is 5.69 Å². The van der Waals surface area contributed by atoms with E-state index in [4.69, 9.17) is 0 Å². The molecule has 31 heavy (non-hydrogen) atoms. The predicted octanol–water partition coefficient (Wildman–Crippen LogP) is 4.05. The molecule has 2 aliphatic rings. The highest BCUT2D eigenvalue weighted by Crippen LogP contribution is 2.38. The Morgan fingerprint density at radius 2 is 1.77 bits per heavy atom. The van der Waals surface area contributed by atoms with E-state index in [-0.39, 0.29) is 10.7 Å². The molecule has 0 atom stereocenters. The molecule has 0 saturated heterocycles. The number of hydrogen-bond acceptors (Lipinski definition) is 6. The predicted molar refractivity (Wildman–Crippen MR) is 126 cm³/mol. The molecule has 10 heteroatoms. The normalized spacial score (nSPS) is 11.8. The van der Waals surface area contributed by atoms with Crippen molar-refractivity contribution in [1.82, 2.24) is 14.1 Å². The molecule has 0 radical (unpaired) electrons. The first-order chi connectivity index (χ1) is 14.8. The summed E-state index contributed by atoms with van der Waals surface area (Å²) in [6.45, 7) is 6.48. The van der Waals surface area contributed by atoms with Gasteiger partial charge in [-0.15, -0.1) is 23.1 Å². The Balaban J connectivity index is 1.71. The third kappa shape index (κ3) is 4.41. The molecule has 0 amide bonds. The van der Waals surface area contributed by atoms with E-state index in [1.807, 2.05) is 45.3 Å². The van der Waals surface area contributed by atoms with Crippen LogP contribution in [0.3, 0.4) is 0 Å². The minimum atomic E-state index is -3.88. The minimum absolute atomic E-state index is 0.0633. The second kappa shape index (κ2) is 8.52. The maximum Gasteiger partial charge on any atom is 0.354 e. The molecule has 4 rings (SSSR count). The van der Waals surface area contributed by atoms with Gasteiger partial charge in [0, 0.05) is 35.3 Å². The van der Waals surface area contributed by atoms with Gasteiger partial charge >= 0.3 is 5.69 Å². The summed E-state index contributed by atoms with van der Waals surface area (Å²) in [6.07, 6.45) is 3.99. The molecule has 0 aliphatic carbocycles. The van der Waals surface area contributed by atoms with E-state index in [1.165, 1.54) is 4.57 Å². The van der Waals surface area contributed by atoms with Crippen molar-refractivity contribution in [2.75, 3.05) is 10.5 Å². The third-order valence-corrected chi connectivity index (χ3v) is 8.72. The average Bonchev–Trinajstić information content (AvgIpc) is 3.34. The monoisotopic (exact) mass is 474 g/mol. The largest absolute Gasteiger partial charge is 0.354 e. The van der Waals surface area contributed by atoms with Gasteiger partial charge in [-0.2, -0.15) is 4.98 Å². The van der Waals surface area contributed by atoms with Crippen molar-refractivity contribution in [1.29, 1.82) is 0 Å². The molecule has 1 N–H and O–H groups in total. The van der Waals surface area contributed by atoms with Crippen molar-refractivity contribution in [3.63, 3.8) is 0 Å². The van der Waals surface area contributed by atoms with E-state index < -0.39 is 15.7 Å². The molecule has 7 nitrogen and oxygen atoms in total. The number of anilines is 1. The number of nitrogens with zero attached hydrogens (tertiary/aromatic N) is 3. The van der Waals surface area contributed by atoms with Gasteiger partial charge in [-0.1, -0.05) is 17.7 Å². The van der Waals surface area contributed by atoms with Crippen LogP contribution in [-0.2, 0) is 16.6 Å². The summed E-state index contributed by atoms with van der Waals surface area (Å²) in [5, 5.41) is 0. The number of benzene rings is 1. The molecule has 0 unspecified atom stereocenters. The van der Waals surface area contributed by atoms with Gasteiger partial charge in [0.05, 0.1) is 9.10 Å². The van der Waals surface area contributed by atoms with Gasteiger partial charge < -0.3 is 4.57 Å². The molecule has 3 heterocycles. The Bertz CT molecular complexity index is 1340. The van der Waals surface area contributed by atoms with Crippen LogP contribution in [0.4, 0.5) is 5.82 Å². The van der Waals surface area contributed by atoms with Gasteiger partial charge in [0.1, 0.15) is 5.69 Å². The Morgan fingerprint density at radius 1 is 1.10 bits per heavy atom. The highest BCUT2D eigenvalue weighted by molar-refractivity contribution is 8.01. The lowest BCUT2D eigenvalue weighted by Gasteiger charge is -2.16. The van der Waals surface area contributed by atoms with Crippen LogP contribution in [0, 0.1) is 20.8 Å². The third-order valence-electron chi connectivity index (χ3n) is 4.94. The number of imidazole rings is 1. The quantitative estimate of drug-likeness (QED) is 0.409. The second-order valence-corrected chi connectivity index (χ2v) is 11.4. The van der Waals surface area contributed by atoms with Gasteiger partial charge in [0.2, 0.25) is 0 Å². The van der Waals surface area contributed by atoms with Crippen LogP contribution in [-0.4, -0.2) is 28.3 Å². The van der Waals surface area contributed by atoms with Crippen LogP contribution < -0.4 is 10.4 Å². The first kappa shape index (κ1) is 21.7. The zero-order chi connectivity index (χ0) is 22.2. The molecule has 0 saturated carbocycles. The summed E-state index contributed by atoms with van der Waals surface area (Å²) in [6, 6.07) is 10.5. The lowest BCUT2D eigenvalue weighted by atomic mass is 10.2. The Hall–Kier alpha value is -2.56. The van der Waals surface area contributed by atoms with E-state index in [9.17, 15) is 13.2 Å². The number of aryl methyl sites for hydroxylation is 3. The van der Waals surface area contributed by atoms with Gasteiger partial charge in [-0.3, -0.25) is 9.29 Å². The van der Waals surface area contributed by atoms with Crippen molar-refractivity contribution in [2.24, 2.45) is 0 Å². The molecule has 162 valence electrons. The fourth-order valence-corrected chi connectivity index (χ4v) is 6.64. The summed E-state index contributed by atoms with van der Waals surface area (Å²) < 4.78 is 32.8. The van der Waals surface area contributed by atoms with Gasteiger partial charge in [-0.25, -0.2) is 13.2 Å². The number of aromatic nitrogens is 3. The van der Waals surface area contributed by atoms with Crippen LogP contribution in [0.5, 0.6) is 0 Å². The molecule has 2 aromatic rings. The molecule has 1 aromatic carbocycles. The SMILES string of the molecule is Cc1ccc(S(=O)(=O)Nc2nc(=O)n3c(C)c(C)sc(SCCn4cccc4)c2-3)cc1.